The van der Waals surface area contributed by atoms with E-state index in [4.69, 9.17) is 5.73 Å². The molecule has 1 atom stereocenters. The molecular formula is C9H10Br2N2OS. The molecule has 1 aliphatic rings. The average Bonchev–Trinajstić information content (AvgIpc) is 2.71. The van der Waals surface area contributed by atoms with Crippen LogP contribution in [0.25, 0.3) is 0 Å². The lowest BCUT2D eigenvalue weighted by atomic mass is 10.3. The summed E-state index contributed by atoms with van der Waals surface area (Å²) in [4.78, 5) is 13.9. The molecular weight excluding hydrogens is 344 g/mol. The van der Waals surface area contributed by atoms with Crippen molar-refractivity contribution in [2.45, 2.75) is 12.5 Å². The second kappa shape index (κ2) is 4.53. The molecule has 2 heterocycles. The van der Waals surface area contributed by atoms with Crippen molar-refractivity contribution in [2.75, 3.05) is 13.1 Å². The summed E-state index contributed by atoms with van der Waals surface area (Å²) in [6.07, 6.45) is 0.897. The number of thiophene rings is 1. The molecule has 2 rings (SSSR count). The summed E-state index contributed by atoms with van der Waals surface area (Å²) in [6.45, 7) is 1.43. The van der Waals surface area contributed by atoms with Crippen LogP contribution in [-0.2, 0) is 0 Å². The Morgan fingerprint density at radius 2 is 2.33 bits per heavy atom. The van der Waals surface area contributed by atoms with Crippen LogP contribution in [-0.4, -0.2) is 29.9 Å². The molecule has 0 saturated carbocycles. The minimum absolute atomic E-state index is 0.0665. The van der Waals surface area contributed by atoms with Gasteiger partial charge in [-0.15, -0.1) is 11.3 Å². The number of likely N-dealkylation sites (tertiary alicyclic amines) is 1. The van der Waals surface area contributed by atoms with Gasteiger partial charge in [0.15, 0.2) is 0 Å². The van der Waals surface area contributed by atoms with Crippen LogP contribution < -0.4 is 5.73 Å². The summed E-state index contributed by atoms with van der Waals surface area (Å²) in [7, 11) is 0. The minimum atomic E-state index is 0.0665. The van der Waals surface area contributed by atoms with Crippen molar-refractivity contribution in [3.8, 4) is 0 Å². The predicted octanol–water partition coefficient (Wildman–Crippen LogP) is 2.45. The molecule has 0 aromatic carbocycles. The van der Waals surface area contributed by atoms with Crippen LogP contribution in [0.4, 0.5) is 0 Å². The number of hydrogen-bond donors (Lipinski definition) is 1. The molecule has 0 spiro atoms. The van der Waals surface area contributed by atoms with Crippen molar-refractivity contribution in [1.29, 1.82) is 0 Å². The third kappa shape index (κ3) is 2.43. The van der Waals surface area contributed by atoms with E-state index in [1.54, 1.807) is 0 Å². The largest absolute Gasteiger partial charge is 0.337 e. The zero-order chi connectivity index (χ0) is 11.0. The highest BCUT2D eigenvalue weighted by Crippen LogP contribution is 2.33. The normalized spacial score (nSPS) is 21.0. The van der Waals surface area contributed by atoms with Gasteiger partial charge in [0.2, 0.25) is 0 Å². The summed E-state index contributed by atoms with van der Waals surface area (Å²) in [5, 5.41) is 0. The lowest BCUT2D eigenvalue weighted by Gasteiger charge is -2.14. The van der Waals surface area contributed by atoms with E-state index in [-0.39, 0.29) is 11.9 Å². The Morgan fingerprint density at radius 3 is 2.80 bits per heavy atom. The summed E-state index contributed by atoms with van der Waals surface area (Å²) >= 11 is 8.27. The van der Waals surface area contributed by atoms with Crippen LogP contribution in [0.3, 0.4) is 0 Å². The molecule has 1 fully saturated rings. The number of amides is 1. The standard InChI is InChI=1S/C9H10Br2N2OS/c10-7-3-6(8(11)15-7)9(14)13-2-1-5(12)4-13/h3,5H,1-2,4,12H2. The van der Waals surface area contributed by atoms with E-state index in [1.807, 2.05) is 11.0 Å². The summed E-state index contributed by atoms with van der Waals surface area (Å²) in [5.74, 6) is 0.0665. The fourth-order valence-electron chi connectivity index (χ4n) is 1.63. The van der Waals surface area contributed by atoms with E-state index < -0.39 is 0 Å². The highest BCUT2D eigenvalue weighted by molar-refractivity contribution is 9.12. The predicted molar refractivity (Wildman–Crippen MR) is 68.2 cm³/mol. The number of carbonyl (C=O) groups is 1. The summed E-state index contributed by atoms with van der Waals surface area (Å²) in [5.41, 5.74) is 6.50. The topological polar surface area (TPSA) is 46.3 Å². The Morgan fingerprint density at radius 1 is 1.60 bits per heavy atom. The van der Waals surface area contributed by atoms with E-state index in [0.717, 1.165) is 26.1 Å². The third-order valence-corrected chi connectivity index (χ3v) is 4.74. The smallest absolute Gasteiger partial charge is 0.255 e. The maximum absolute atomic E-state index is 12.1. The summed E-state index contributed by atoms with van der Waals surface area (Å²) in [6, 6.07) is 1.98. The molecule has 1 aromatic rings. The van der Waals surface area contributed by atoms with Crippen LogP contribution in [0.5, 0.6) is 0 Å². The van der Waals surface area contributed by atoms with E-state index in [2.05, 4.69) is 31.9 Å². The molecule has 1 aromatic heterocycles. The van der Waals surface area contributed by atoms with Crippen LogP contribution in [0, 0.1) is 0 Å². The quantitative estimate of drug-likeness (QED) is 0.842. The van der Waals surface area contributed by atoms with Gasteiger partial charge < -0.3 is 10.6 Å². The number of nitrogens with zero attached hydrogens (tertiary/aromatic N) is 1. The first kappa shape index (κ1) is 11.6. The second-order valence-corrected chi connectivity index (χ2v) is 7.29. The van der Waals surface area contributed by atoms with Crippen LogP contribution >= 0.6 is 43.2 Å². The van der Waals surface area contributed by atoms with Crippen molar-refractivity contribution in [3.63, 3.8) is 0 Å². The molecule has 1 unspecified atom stereocenters. The van der Waals surface area contributed by atoms with Gasteiger partial charge in [0.25, 0.3) is 5.91 Å². The van der Waals surface area contributed by atoms with Gasteiger partial charge in [-0.25, -0.2) is 0 Å². The molecule has 6 heteroatoms. The lowest BCUT2D eigenvalue weighted by molar-refractivity contribution is 0.0790. The molecule has 0 bridgehead atoms. The van der Waals surface area contributed by atoms with Crippen molar-refractivity contribution < 1.29 is 4.79 Å². The van der Waals surface area contributed by atoms with Gasteiger partial charge in [-0.1, -0.05) is 0 Å². The van der Waals surface area contributed by atoms with Gasteiger partial charge in [0, 0.05) is 19.1 Å². The van der Waals surface area contributed by atoms with E-state index in [1.165, 1.54) is 11.3 Å². The van der Waals surface area contributed by atoms with Gasteiger partial charge in [-0.3, -0.25) is 4.79 Å². The zero-order valence-corrected chi connectivity index (χ0v) is 11.9. The molecule has 0 aliphatic carbocycles. The zero-order valence-electron chi connectivity index (χ0n) is 7.87. The van der Waals surface area contributed by atoms with Crippen LogP contribution in [0.15, 0.2) is 13.6 Å². The number of hydrogen-bond acceptors (Lipinski definition) is 3. The van der Waals surface area contributed by atoms with E-state index in [0.29, 0.717) is 6.54 Å². The lowest BCUT2D eigenvalue weighted by Crippen LogP contribution is -2.31. The molecule has 1 amide bonds. The molecule has 0 radical (unpaired) electrons. The monoisotopic (exact) mass is 352 g/mol. The molecule has 82 valence electrons. The van der Waals surface area contributed by atoms with Crippen molar-refractivity contribution >= 4 is 49.1 Å². The Hall–Kier alpha value is 0.0900. The second-order valence-electron chi connectivity index (χ2n) is 3.54. The SMILES string of the molecule is NC1CCN(C(=O)c2cc(Br)sc2Br)C1. The van der Waals surface area contributed by atoms with Gasteiger partial charge in [0.1, 0.15) is 0 Å². The maximum Gasteiger partial charge on any atom is 0.255 e. The van der Waals surface area contributed by atoms with Gasteiger partial charge in [-0.2, -0.15) is 0 Å². The fraction of sp³-hybridized carbons (Fsp3) is 0.444. The highest BCUT2D eigenvalue weighted by atomic mass is 79.9. The Labute approximate surface area is 109 Å². The fourth-order valence-corrected chi connectivity index (χ4v) is 4.41. The van der Waals surface area contributed by atoms with Gasteiger partial charge >= 0.3 is 0 Å². The number of carbonyl (C=O) groups excluding carboxylic acids is 1. The van der Waals surface area contributed by atoms with Crippen molar-refractivity contribution in [2.24, 2.45) is 5.73 Å². The van der Waals surface area contributed by atoms with Crippen LogP contribution in [0.2, 0.25) is 0 Å². The van der Waals surface area contributed by atoms with E-state index >= 15 is 0 Å². The van der Waals surface area contributed by atoms with Crippen LogP contribution in [0.1, 0.15) is 16.8 Å². The van der Waals surface area contributed by atoms with Gasteiger partial charge in [0.05, 0.1) is 13.1 Å². The van der Waals surface area contributed by atoms with Crippen molar-refractivity contribution in [3.05, 3.63) is 19.2 Å². The number of nitrogens with two attached hydrogens (primary N) is 1. The van der Waals surface area contributed by atoms with Crippen molar-refractivity contribution in [1.82, 2.24) is 4.90 Å². The first-order chi connectivity index (χ1) is 7.08. The number of rotatable bonds is 1. The highest BCUT2D eigenvalue weighted by Gasteiger charge is 2.26. The summed E-state index contributed by atoms with van der Waals surface area (Å²) < 4.78 is 1.83. The molecule has 1 saturated heterocycles. The Balaban J connectivity index is 2.17. The molecule has 2 N–H and O–H groups in total. The van der Waals surface area contributed by atoms with Gasteiger partial charge in [-0.05, 0) is 44.3 Å². The molecule has 3 nitrogen and oxygen atoms in total. The minimum Gasteiger partial charge on any atom is -0.337 e. The molecule has 1 aliphatic heterocycles. The first-order valence-corrected chi connectivity index (χ1v) is 6.98. The maximum atomic E-state index is 12.1. The third-order valence-electron chi connectivity index (χ3n) is 2.40. The molecule has 15 heavy (non-hydrogen) atoms. The Bertz CT molecular complexity index is 393. The van der Waals surface area contributed by atoms with E-state index in [9.17, 15) is 4.79 Å². The average molecular weight is 354 g/mol. The Kier molecular flexibility index (Phi) is 3.49. The number of halogens is 2. The first-order valence-electron chi connectivity index (χ1n) is 4.57.